The van der Waals surface area contributed by atoms with Gasteiger partial charge in [-0.1, -0.05) is 13.8 Å². The van der Waals surface area contributed by atoms with E-state index in [-0.39, 0.29) is 42.5 Å². The van der Waals surface area contributed by atoms with E-state index in [1.807, 2.05) is 0 Å². The minimum atomic E-state index is -0.912. The average molecular weight is 378 g/mol. The number of carbonyl (C=O) groups is 2. The summed E-state index contributed by atoms with van der Waals surface area (Å²) in [7, 11) is 1.74. The zero-order valence-corrected chi connectivity index (χ0v) is 15.7. The number of nitrogens with two attached hydrogens (primary N) is 2. The van der Waals surface area contributed by atoms with Crippen molar-refractivity contribution in [3.8, 4) is 0 Å². The summed E-state index contributed by atoms with van der Waals surface area (Å²) in [6, 6.07) is -0.912. The number of aromatic nitrogens is 4. The molecule has 6 N–H and O–H groups in total. The standard InChI is InChI=1S/C16H26N8O3/c1-9(2)13(27)10(7-25)24(5-4-19-3)11(26)6-23-8-20-12-14(17)21-16(18)22-15(12)23/h8-10,19,25H,4-7H2,1-3H3,(H4,17,18,21,22)/t10-/m1/s1. The van der Waals surface area contributed by atoms with E-state index in [2.05, 4.69) is 20.3 Å². The summed E-state index contributed by atoms with van der Waals surface area (Å²) in [6.07, 6.45) is 1.42. The Kier molecular flexibility index (Phi) is 6.64. The van der Waals surface area contributed by atoms with Crippen molar-refractivity contribution in [1.82, 2.24) is 29.7 Å². The van der Waals surface area contributed by atoms with E-state index in [0.29, 0.717) is 17.7 Å². The maximum atomic E-state index is 12.9. The van der Waals surface area contributed by atoms with Crippen LogP contribution in [0, 0.1) is 5.92 Å². The third-order valence-electron chi connectivity index (χ3n) is 4.18. The highest BCUT2D eigenvalue weighted by Crippen LogP contribution is 2.17. The summed E-state index contributed by atoms with van der Waals surface area (Å²) in [5.74, 6) is -0.765. The average Bonchev–Trinajstić information content (AvgIpc) is 3.00. The second kappa shape index (κ2) is 8.73. The van der Waals surface area contributed by atoms with Gasteiger partial charge in [-0.15, -0.1) is 0 Å². The van der Waals surface area contributed by atoms with E-state index < -0.39 is 12.6 Å². The fourth-order valence-electron chi connectivity index (χ4n) is 2.75. The van der Waals surface area contributed by atoms with Crippen LogP contribution in [-0.4, -0.2) is 74.0 Å². The summed E-state index contributed by atoms with van der Waals surface area (Å²) < 4.78 is 1.49. The smallest absolute Gasteiger partial charge is 0.243 e. The molecule has 11 nitrogen and oxygen atoms in total. The second-order valence-corrected chi connectivity index (χ2v) is 6.46. The van der Waals surface area contributed by atoms with Gasteiger partial charge in [0.05, 0.1) is 12.9 Å². The molecule has 0 saturated carbocycles. The fourth-order valence-corrected chi connectivity index (χ4v) is 2.75. The van der Waals surface area contributed by atoms with Crippen molar-refractivity contribution < 1.29 is 14.7 Å². The highest BCUT2D eigenvalue weighted by Gasteiger charge is 2.30. The number of fused-ring (bicyclic) bond motifs is 1. The molecule has 0 aliphatic rings. The van der Waals surface area contributed by atoms with E-state index in [4.69, 9.17) is 11.5 Å². The van der Waals surface area contributed by atoms with Crippen LogP contribution in [0.3, 0.4) is 0 Å². The summed E-state index contributed by atoms with van der Waals surface area (Å²) in [5, 5.41) is 12.7. The molecule has 0 unspecified atom stereocenters. The molecule has 2 aromatic rings. The number of likely N-dealkylation sites (N-methyl/N-ethyl adjacent to an activating group) is 1. The zero-order chi connectivity index (χ0) is 20.1. The van der Waals surface area contributed by atoms with Gasteiger partial charge in [-0.3, -0.25) is 9.59 Å². The van der Waals surface area contributed by atoms with Gasteiger partial charge in [0.2, 0.25) is 11.9 Å². The zero-order valence-electron chi connectivity index (χ0n) is 15.7. The van der Waals surface area contributed by atoms with Crippen molar-refractivity contribution in [3.05, 3.63) is 6.33 Å². The normalized spacial score (nSPS) is 12.5. The predicted octanol–water partition coefficient (Wildman–Crippen LogP) is -1.38. The Morgan fingerprint density at radius 3 is 2.63 bits per heavy atom. The van der Waals surface area contributed by atoms with Gasteiger partial charge in [0.15, 0.2) is 17.2 Å². The number of carbonyl (C=O) groups excluding carboxylic acids is 2. The van der Waals surface area contributed by atoms with E-state index >= 15 is 0 Å². The number of Topliss-reactive ketones (excluding diaryl/α,β-unsaturated/α-hetero) is 1. The molecule has 11 heteroatoms. The molecule has 1 amide bonds. The molecule has 2 heterocycles. The molecule has 0 aromatic carbocycles. The van der Waals surface area contributed by atoms with E-state index in [0.717, 1.165) is 0 Å². The Bertz CT molecular complexity index is 819. The maximum absolute atomic E-state index is 12.9. The molecule has 148 valence electrons. The van der Waals surface area contributed by atoms with Gasteiger partial charge in [-0.05, 0) is 7.05 Å². The second-order valence-electron chi connectivity index (χ2n) is 6.46. The number of nitrogens with one attached hydrogen (secondary N) is 1. The van der Waals surface area contributed by atoms with Crippen molar-refractivity contribution in [2.24, 2.45) is 5.92 Å². The van der Waals surface area contributed by atoms with Crippen molar-refractivity contribution in [2.45, 2.75) is 26.4 Å². The fraction of sp³-hybridized carbons (Fsp3) is 0.562. The number of rotatable bonds is 9. The van der Waals surface area contributed by atoms with Gasteiger partial charge >= 0.3 is 0 Å². The molecule has 0 aliphatic carbocycles. The summed E-state index contributed by atoms with van der Waals surface area (Å²) >= 11 is 0. The van der Waals surface area contributed by atoms with Crippen LogP contribution < -0.4 is 16.8 Å². The first-order valence-electron chi connectivity index (χ1n) is 8.62. The van der Waals surface area contributed by atoms with Crippen LogP contribution in [0.1, 0.15) is 13.8 Å². The molecule has 0 saturated heterocycles. The number of hydrogen-bond acceptors (Lipinski definition) is 9. The number of anilines is 2. The van der Waals surface area contributed by atoms with Crippen molar-refractivity contribution >= 4 is 34.6 Å². The van der Waals surface area contributed by atoms with Gasteiger partial charge in [0.25, 0.3) is 0 Å². The van der Waals surface area contributed by atoms with Gasteiger partial charge in [-0.2, -0.15) is 9.97 Å². The van der Waals surface area contributed by atoms with Crippen LogP contribution in [-0.2, 0) is 16.1 Å². The Hall–Kier alpha value is -2.79. The first kappa shape index (κ1) is 20.5. The summed E-state index contributed by atoms with van der Waals surface area (Å²) in [5.41, 5.74) is 12.1. The highest BCUT2D eigenvalue weighted by atomic mass is 16.3. The quantitative estimate of drug-likeness (QED) is 0.411. The number of amides is 1. The highest BCUT2D eigenvalue weighted by molar-refractivity contribution is 5.91. The molecule has 27 heavy (non-hydrogen) atoms. The van der Waals surface area contributed by atoms with Crippen molar-refractivity contribution in [3.63, 3.8) is 0 Å². The molecule has 2 aromatic heterocycles. The number of hydrogen-bond donors (Lipinski definition) is 4. The molecule has 0 aliphatic heterocycles. The van der Waals surface area contributed by atoms with Crippen LogP contribution >= 0.6 is 0 Å². The number of aliphatic hydroxyl groups excluding tert-OH is 1. The van der Waals surface area contributed by atoms with E-state index in [1.54, 1.807) is 20.9 Å². The number of aliphatic hydroxyl groups is 1. The number of nitrogen functional groups attached to an aromatic ring is 2. The lowest BCUT2D eigenvalue weighted by Crippen LogP contribution is -2.51. The lowest BCUT2D eigenvalue weighted by atomic mass is 10.0. The van der Waals surface area contributed by atoms with Crippen molar-refractivity contribution in [1.29, 1.82) is 0 Å². The van der Waals surface area contributed by atoms with E-state index in [1.165, 1.54) is 15.8 Å². The molecule has 1 atom stereocenters. The molecule has 0 spiro atoms. The topological polar surface area (TPSA) is 165 Å². The molecule has 0 bridgehead atoms. The van der Waals surface area contributed by atoms with Gasteiger partial charge in [0.1, 0.15) is 18.1 Å². The van der Waals surface area contributed by atoms with Crippen LogP contribution in [0.2, 0.25) is 0 Å². The third-order valence-corrected chi connectivity index (χ3v) is 4.18. The molecular formula is C16H26N8O3. The maximum Gasteiger partial charge on any atom is 0.243 e. The number of nitrogens with zero attached hydrogens (tertiary/aromatic N) is 5. The third kappa shape index (κ3) is 4.49. The Balaban J connectivity index is 2.32. The van der Waals surface area contributed by atoms with Gasteiger partial charge in [0, 0.05) is 19.0 Å². The predicted molar refractivity (Wildman–Crippen MR) is 101 cm³/mol. The van der Waals surface area contributed by atoms with E-state index in [9.17, 15) is 14.7 Å². The minimum Gasteiger partial charge on any atom is -0.394 e. The number of ketones is 1. The Morgan fingerprint density at radius 1 is 1.33 bits per heavy atom. The lowest BCUT2D eigenvalue weighted by molar-refractivity contribution is -0.142. The van der Waals surface area contributed by atoms with Crippen LogP contribution in [0.4, 0.5) is 11.8 Å². The summed E-state index contributed by atoms with van der Waals surface area (Å²) in [4.78, 5) is 38.8. The minimum absolute atomic E-state index is 0.0236. The molecule has 0 fully saturated rings. The molecule has 2 rings (SSSR count). The van der Waals surface area contributed by atoms with Crippen LogP contribution in [0.15, 0.2) is 6.33 Å². The Morgan fingerprint density at radius 2 is 2.04 bits per heavy atom. The SMILES string of the molecule is CNCCN(C(=O)Cn1cnc2c(N)nc(N)nc21)[C@H](CO)C(=O)C(C)C. The van der Waals surface area contributed by atoms with Crippen molar-refractivity contribution in [2.75, 3.05) is 38.2 Å². The molecular weight excluding hydrogens is 352 g/mol. The van der Waals surface area contributed by atoms with Gasteiger partial charge in [-0.25, -0.2) is 4.98 Å². The monoisotopic (exact) mass is 378 g/mol. The lowest BCUT2D eigenvalue weighted by Gasteiger charge is -2.31. The Labute approximate surface area is 156 Å². The van der Waals surface area contributed by atoms with Gasteiger partial charge < -0.3 is 31.4 Å². The summed E-state index contributed by atoms with van der Waals surface area (Å²) in [6.45, 7) is 3.64. The number of imidazole rings is 1. The van der Waals surface area contributed by atoms with Crippen LogP contribution in [0.5, 0.6) is 0 Å². The first-order chi connectivity index (χ1) is 12.8. The van der Waals surface area contributed by atoms with Crippen LogP contribution in [0.25, 0.3) is 11.2 Å². The largest absolute Gasteiger partial charge is 0.394 e. The first-order valence-corrected chi connectivity index (χ1v) is 8.62. The molecule has 0 radical (unpaired) electrons.